The van der Waals surface area contributed by atoms with Crippen LogP contribution in [-0.4, -0.2) is 30.1 Å². The molecule has 1 rings (SSSR count). The van der Waals surface area contributed by atoms with Crippen molar-refractivity contribution in [1.82, 2.24) is 0 Å². The highest BCUT2D eigenvalue weighted by atomic mass is 32.2. The highest BCUT2D eigenvalue weighted by Crippen LogP contribution is 2.28. The number of esters is 1. The summed E-state index contributed by atoms with van der Waals surface area (Å²) in [6, 6.07) is -0.439. The van der Waals surface area contributed by atoms with Gasteiger partial charge in [-0.2, -0.15) is 11.8 Å². The van der Waals surface area contributed by atoms with E-state index in [1.54, 1.807) is 0 Å². The Kier molecular flexibility index (Phi) is 6.10. The summed E-state index contributed by atoms with van der Waals surface area (Å²) in [5, 5.41) is 0.795. The van der Waals surface area contributed by atoms with Gasteiger partial charge >= 0.3 is 5.97 Å². The molecule has 0 bridgehead atoms. The molecule has 4 heteroatoms. The van der Waals surface area contributed by atoms with Crippen molar-refractivity contribution < 1.29 is 9.53 Å². The molecule has 0 radical (unpaired) electrons. The number of ether oxygens (including phenoxy) is 1. The van der Waals surface area contributed by atoms with Crippen LogP contribution >= 0.6 is 11.8 Å². The van der Waals surface area contributed by atoms with Crippen molar-refractivity contribution in [2.75, 3.05) is 12.9 Å². The van der Waals surface area contributed by atoms with Crippen molar-refractivity contribution in [3.05, 3.63) is 0 Å². The summed E-state index contributed by atoms with van der Waals surface area (Å²) in [6.45, 7) is 0. The average Bonchev–Trinajstić information content (AvgIpc) is 2.29. The SMILES string of the molecule is COC(=O)C(N)CCSC1CCCCC1. The molecule has 0 heterocycles. The lowest BCUT2D eigenvalue weighted by molar-refractivity contribution is -0.142. The van der Waals surface area contributed by atoms with Crippen molar-refractivity contribution in [3.63, 3.8) is 0 Å². The normalized spacial score (nSPS) is 19.9. The zero-order chi connectivity index (χ0) is 11.1. The van der Waals surface area contributed by atoms with Gasteiger partial charge in [-0.3, -0.25) is 4.79 Å². The average molecular weight is 231 g/mol. The molecule has 0 saturated heterocycles. The Morgan fingerprint density at radius 3 is 2.73 bits per heavy atom. The van der Waals surface area contributed by atoms with Crippen LogP contribution in [0.1, 0.15) is 38.5 Å². The maximum Gasteiger partial charge on any atom is 0.322 e. The highest BCUT2D eigenvalue weighted by Gasteiger charge is 2.16. The molecule has 2 N–H and O–H groups in total. The van der Waals surface area contributed by atoms with E-state index in [0.717, 1.165) is 17.4 Å². The lowest BCUT2D eigenvalue weighted by Gasteiger charge is -2.21. The van der Waals surface area contributed by atoms with Crippen LogP contribution in [0.15, 0.2) is 0 Å². The number of carbonyl (C=O) groups excluding carboxylic acids is 1. The first-order valence-corrected chi connectivity index (χ1v) is 6.74. The zero-order valence-corrected chi connectivity index (χ0v) is 10.2. The predicted octanol–water partition coefficient (Wildman–Crippen LogP) is 1.94. The highest BCUT2D eigenvalue weighted by molar-refractivity contribution is 7.99. The van der Waals surface area contributed by atoms with Crippen LogP contribution < -0.4 is 5.73 Å². The molecule has 0 amide bonds. The molecule has 88 valence electrons. The lowest BCUT2D eigenvalue weighted by atomic mass is 10.0. The first kappa shape index (κ1) is 12.8. The Labute approximate surface area is 96.1 Å². The molecule has 0 aliphatic heterocycles. The smallest absolute Gasteiger partial charge is 0.322 e. The summed E-state index contributed by atoms with van der Waals surface area (Å²) in [4.78, 5) is 11.0. The van der Waals surface area contributed by atoms with E-state index in [9.17, 15) is 4.79 Å². The maximum absolute atomic E-state index is 11.0. The topological polar surface area (TPSA) is 52.3 Å². The second-order valence-corrected chi connectivity index (χ2v) is 5.46. The molecular weight excluding hydrogens is 210 g/mol. The molecule has 1 saturated carbocycles. The molecule has 1 fully saturated rings. The number of hydrogen-bond donors (Lipinski definition) is 1. The van der Waals surface area contributed by atoms with E-state index in [4.69, 9.17) is 5.73 Å². The van der Waals surface area contributed by atoms with Gasteiger partial charge in [0.2, 0.25) is 0 Å². The summed E-state index contributed by atoms with van der Waals surface area (Å²) in [5.41, 5.74) is 5.66. The molecule has 1 aliphatic carbocycles. The fourth-order valence-electron chi connectivity index (χ4n) is 1.86. The minimum atomic E-state index is -0.439. The minimum absolute atomic E-state index is 0.292. The van der Waals surface area contributed by atoms with E-state index in [1.165, 1.54) is 39.2 Å². The van der Waals surface area contributed by atoms with Gasteiger partial charge in [-0.25, -0.2) is 0 Å². The van der Waals surface area contributed by atoms with Crippen molar-refractivity contribution in [2.24, 2.45) is 5.73 Å². The molecule has 0 aromatic heterocycles. The van der Waals surface area contributed by atoms with Crippen molar-refractivity contribution in [2.45, 2.75) is 49.8 Å². The quantitative estimate of drug-likeness (QED) is 0.735. The van der Waals surface area contributed by atoms with E-state index in [-0.39, 0.29) is 5.97 Å². The lowest BCUT2D eigenvalue weighted by Crippen LogP contribution is -2.32. The van der Waals surface area contributed by atoms with E-state index < -0.39 is 6.04 Å². The summed E-state index contributed by atoms with van der Waals surface area (Å²) in [5.74, 6) is 0.681. The second kappa shape index (κ2) is 7.12. The molecule has 1 unspecified atom stereocenters. The number of rotatable bonds is 5. The number of thioether (sulfide) groups is 1. The third kappa shape index (κ3) is 4.89. The zero-order valence-electron chi connectivity index (χ0n) is 9.41. The van der Waals surface area contributed by atoms with Crippen LogP contribution in [0.5, 0.6) is 0 Å². The van der Waals surface area contributed by atoms with Crippen LogP contribution in [0.3, 0.4) is 0 Å². The third-order valence-electron chi connectivity index (χ3n) is 2.84. The Bertz CT molecular complexity index is 193. The molecule has 3 nitrogen and oxygen atoms in total. The number of nitrogens with two attached hydrogens (primary N) is 1. The number of carbonyl (C=O) groups is 1. The first-order valence-electron chi connectivity index (χ1n) is 5.69. The summed E-state index contributed by atoms with van der Waals surface area (Å²) >= 11 is 1.97. The second-order valence-electron chi connectivity index (χ2n) is 4.05. The van der Waals surface area contributed by atoms with Crippen LogP contribution in [0.25, 0.3) is 0 Å². The van der Waals surface area contributed by atoms with E-state index >= 15 is 0 Å². The maximum atomic E-state index is 11.0. The standard InChI is InChI=1S/C11H21NO2S/c1-14-11(13)10(12)7-8-15-9-5-3-2-4-6-9/h9-10H,2-8,12H2,1H3. The Hall–Kier alpha value is -0.220. The van der Waals surface area contributed by atoms with Gasteiger partial charge in [-0.1, -0.05) is 19.3 Å². The van der Waals surface area contributed by atoms with Gasteiger partial charge in [0.15, 0.2) is 0 Å². The van der Waals surface area contributed by atoms with E-state index in [2.05, 4.69) is 4.74 Å². The minimum Gasteiger partial charge on any atom is -0.468 e. The monoisotopic (exact) mass is 231 g/mol. The Morgan fingerprint density at radius 1 is 1.47 bits per heavy atom. The summed E-state index contributed by atoms with van der Waals surface area (Å²) in [6.07, 6.45) is 7.50. The molecular formula is C11H21NO2S. The van der Waals surface area contributed by atoms with Gasteiger partial charge in [0.25, 0.3) is 0 Å². The molecule has 1 atom stereocenters. The van der Waals surface area contributed by atoms with E-state index in [1.807, 2.05) is 11.8 Å². The van der Waals surface area contributed by atoms with Crippen LogP contribution in [0, 0.1) is 0 Å². The Morgan fingerprint density at radius 2 is 2.13 bits per heavy atom. The molecule has 0 aromatic rings. The van der Waals surface area contributed by atoms with Gasteiger partial charge in [0, 0.05) is 5.25 Å². The fraction of sp³-hybridized carbons (Fsp3) is 0.909. The van der Waals surface area contributed by atoms with Gasteiger partial charge < -0.3 is 10.5 Å². The molecule has 1 aliphatic rings. The Balaban J connectivity index is 2.07. The van der Waals surface area contributed by atoms with E-state index in [0.29, 0.717) is 0 Å². The molecule has 15 heavy (non-hydrogen) atoms. The van der Waals surface area contributed by atoms with Crippen molar-refractivity contribution in [1.29, 1.82) is 0 Å². The summed E-state index contributed by atoms with van der Waals surface area (Å²) in [7, 11) is 1.39. The van der Waals surface area contributed by atoms with Gasteiger partial charge in [-0.15, -0.1) is 0 Å². The predicted molar refractivity (Wildman–Crippen MR) is 63.9 cm³/mol. The first-order chi connectivity index (χ1) is 7.24. The van der Waals surface area contributed by atoms with Gasteiger partial charge in [0.1, 0.15) is 6.04 Å². The number of methoxy groups -OCH3 is 1. The third-order valence-corrected chi connectivity index (χ3v) is 4.25. The van der Waals surface area contributed by atoms with Crippen molar-refractivity contribution >= 4 is 17.7 Å². The molecule has 0 aromatic carbocycles. The van der Waals surface area contributed by atoms with Crippen LogP contribution in [-0.2, 0) is 9.53 Å². The summed E-state index contributed by atoms with van der Waals surface area (Å²) < 4.78 is 4.58. The van der Waals surface area contributed by atoms with Crippen LogP contribution in [0.4, 0.5) is 0 Å². The largest absolute Gasteiger partial charge is 0.468 e. The number of hydrogen-bond acceptors (Lipinski definition) is 4. The van der Waals surface area contributed by atoms with Gasteiger partial charge in [-0.05, 0) is 25.0 Å². The van der Waals surface area contributed by atoms with Crippen LogP contribution in [0.2, 0.25) is 0 Å². The van der Waals surface area contributed by atoms with Crippen molar-refractivity contribution in [3.8, 4) is 0 Å². The van der Waals surface area contributed by atoms with Gasteiger partial charge in [0.05, 0.1) is 7.11 Å². The fourth-order valence-corrected chi connectivity index (χ4v) is 3.25. The molecule has 0 spiro atoms.